The fourth-order valence-electron chi connectivity index (χ4n) is 1.39. The summed E-state index contributed by atoms with van der Waals surface area (Å²) < 4.78 is 55.9. The van der Waals surface area contributed by atoms with Gasteiger partial charge in [0.1, 0.15) is 9.96 Å². The van der Waals surface area contributed by atoms with E-state index in [2.05, 4.69) is 25.4 Å². The Kier molecular flexibility index (Phi) is 4.61. The summed E-state index contributed by atoms with van der Waals surface area (Å²) in [7, 11) is -3.84. The number of hydrogen-bond acceptors (Lipinski definition) is 4. The summed E-state index contributed by atoms with van der Waals surface area (Å²) >= 11 is 4.17. The molecule has 0 spiro atoms. The molecule has 0 unspecified atom stereocenters. The molecule has 108 valence electrons. The van der Waals surface area contributed by atoms with Gasteiger partial charge >= 0.3 is 6.61 Å². The van der Waals surface area contributed by atoms with Crippen LogP contribution < -0.4 is 9.46 Å². The lowest BCUT2D eigenvalue weighted by Gasteiger charge is -2.12. The fourth-order valence-corrected chi connectivity index (χ4v) is 4.47. The van der Waals surface area contributed by atoms with E-state index in [1.807, 2.05) is 0 Å². The van der Waals surface area contributed by atoms with Gasteiger partial charge in [-0.05, 0) is 40.2 Å². The van der Waals surface area contributed by atoms with Gasteiger partial charge in [0.25, 0.3) is 10.0 Å². The van der Waals surface area contributed by atoms with Gasteiger partial charge in [0, 0.05) is 0 Å². The number of ether oxygens (including phenoxy) is 1. The molecule has 20 heavy (non-hydrogen) atoms. The van der Waals surface area contributed by atoms with E-state index in [-0.39, 0.29) is 15.6 Å². The highest BCUT2D eigenvalue weighted by Gasteiger charge is 2.19. The summed E-state index contributed by atoms with van der Waals surface area (Å²) in [6.45, 7) is -3.03. The van der Waals surface area contributed by atoms with Gasteiger partial charge in [-0.1, -0.05) is 12.1 Å². The van der Waals surface area contributed by atoms with Crippen LogP contribution in [0.3, 0.4) is 0 Å². The molecule has 9 heteroatoms. The maximum Gasteiger partial charge on any atom is 0.387 e. The zero-order valence-electron chi connectivity index (χ0n) is 9.72. The van der Waals surface area contributed by atoms with Crippen LogP contribution in [0, 0.1) is 0 Å². The molecule has 0 aliphatic heterocycles. The smallest absolute Gasteiger partial charge is 0.387 e. The van der Waals surface area contributed by atoms with Gasteiger partial charge in [-0.3, -0.25) is 4.72 Å². The van der Waals surface area contributed by atoms with Gasteiger partial charge in [-0.15, -0.1) is 11.3 Å². The molecule has 2 rings (SSSR count). The van der Waals surface area contributed by atoms with Crippen molar-refractivity contribution in [3.05, 3.63) is 40.2 Å². The lowest BCUT2D eigenvalue weighted by atomic mass is 10.3. The summed E-state index contributed by atoms with van der Waals surface area (Å²) in [5, 5.41) is 0. The Balaban J connectivity index is 2.30. The van der Waals surface area contributed by atoms with E-state index < -0.39 is 16.6 Å². The third-order valence-electron chi connectivity index (χ3n) is 2.16. The number of hydrogen-bond donors (Lipinski definition) is 1. The molecular formula is C11H8BrF2NO3S2. The Morgan fingerprint density at radius 2 is 1.90 bits per heavy atom. The molecule has 1 heterocycles. The molecule has 1 N–H and O–H groups in total. The first-order valence-corrected chi connectivity index (χ1v) is 8.30. The number of para-hydroxylation sites is 2. The number of anilines is 1. The van der Waals surface area contributed by atoms with Crippen LogP contribution in [0.1, 0.15) is 0 Å². The first-order chi connectivity index (χ1) is 9.38. The first-order valence-electron chi connectivity index (χ1n) is 5.20. The first kappa shape index (κ1) is 15.2. The summed E-state index contributed by atoms with van der Waals surface area (Å²) in [5.41, 5.74) is -0.0441. The van der Waals surface area contributed by atoms with Crippen molar-refractivity contribution >= 4 is 43.0 Å². The minimum Gasteiger partial charge on any atom is -0.433 e. The summed E-state index contributed by atoms with van der Waals surface area (Å²) in [5.74, 6) is -0.235. The third kappa shape index (κ3) is 3.68. The lowest BCUT2D eigenvalue weighted by Crippen LogP contribution is -2.13. The molecule has 0 bridgehead atoms. The molecular weight excluding hydrogens is 376 g/mol. The second kappa shape index (κ2) is 6.06. The summed E-state index contributed by atoms with van der Waals surface area (Å²) in [6.07, 6.45) is 0. The largest absolute Gasteiger partial charge is 0.433 e. The van der Waals surface area contributed by atoms with Crippen molar-refractivity contribution in [2.45, 2.75) is 10.8 Å². The summed E-state index contributed by atoms with van der Waals surface area (Å²) in [6, 6.07) is 8.58. The van der Waals surface area contributed by atoms with Crippen LogP contribution in [-0.2, 0) is 10.0 Å². The van der Waals surface area contributed by atoms with Crippen molar-refractivity contribution in [3.8, 4) is 5.75 Å². The van der Waals surface area contributed by atoms with Crippen LogP contribution in [-0.4, -0.2) is 15.0 Å². The van der Waals surface area contributed by atoms with E-state index in [9.17, 15) is 17.2 Å². The average Bonchev–Trinajstić information content (AvgIpc) is 2.78. The molecule has 4 nitrogen and oxygen atoms in total. The SMILES string of the molecule is O=S(=O)(Nc1ccccc1OC(F)F)c1ccc(Br)s1. The van der Waals surface area contributed by atoms with Crippen molar-refractivity contribution in [1.82, 2.24) is 0 Å². The molecule has 0 saturated heterocycles. The van der Waals surface area contributed by atoms with Crippen LogP contribution >= 0.6 is 27.3 Å². The van der Waals surface area contributed by atoms with Crippen molar-refractivity contribution in [1.29, 1.82) is 0 Å². The molecule has 0 fully saturated rings. The van der Waals surface area contributed by atoms with Crippen molar-refractivity contribution < 1.29 is 21.9 Å². The van der Waals surface area contributed by atoms with Crippen molar-refractivity contribution in [3.63, 3.8) is 0 Å². The second-order valence-electron chi connectivity index (χ2n) is 3.54. The monoisotopic (exact) mass is 383 g/mol. The molecule has 2 aromatic rings. The van der Waals surface area contributed by atoms with E-state index >= 15 is 0 Å². The van der Waals surface area contributed by atoms with Gasteiger partial charge < -0.3 is 4.74 Å². The number of halogens is 3. The van der Waals surface area contributed by atoms with Crippen LogP contribution in [0.15, 0.2) is 44.4 Å². The molecule has 0 amide bonds. The molecule has 1 aromatic carbocycles. The summed E-state index contributed by atoms with van der Waals surface area (Å²) in [4.78, 5) is 0. The van der Waals surface area contributed by atoms with Crippen molar-refractivity contribution in [2.75, 3.05) is 4.72 Å². The Hall–Kier alpha value is -1.19. The number of rotatable bonds is 5. The second-order valence-corrected chi connectivity index (χ2v) is 7.91. The lowest BCUT2D eigenvalue weighted by molar-refractivity contribution is -0.0493. The topological polar surface area (TPSA) is 55.4 Å². The number of benzene rings is 1. The highest BCUT2D eigenvalue weighted by molar-refractivity contribution is 9.11. The fraction of sp³-hybridized carbons (Fsp3) is 0.0909. The van der Waals surface area contributed by atoms with Gasteiger partial charge in [-0.2, -0.15) is 8.78 Å². The zero-order chi connectivity index (χ0) is 14.8. The van der Waals surface area contributed by atoms with E-state index in [0.717, 1.165) is 11.3 Å². The van der Waals surface area contributed by atoms with Crippen LogP contribution in [0.4, 0.5) is 14.5 Å². The van der Waals surface area contributed by atoms with Gasteiger partial charge in [0.05, 0.1) is 9.47 Å². The highest BCUT2D eigenvalue weighted by atomic mass is 79.9. The van der Waals surface area contributed by atoms with Crippen LogP contribution in [0.25, 0.3) is 0 Å². The van der Waals surface area contributed by atoms with E-state index in [4.69, 9.17) is 0 Å². The van der Waals surface area contributed by atoms with Crippen LogP contribution in [0.2, 0.25) is 0 Å². The Morgan fingerprint density at radius 3 is 2.50 bits per heavy atom. The number of sulfonamides is 1. The maximum atomic E-state index is 12.3. The average molecular weight is 384 g/mol. The van der Waals surface area contributed by atoms with Gasteiger partial charge in [0.15, 0.2) is 0 Å². The molecule has 0 saturated carbocycles. The normalized spacial score (nSPS) is 11.6. The van der Waals surface area contributed by atoms with E-state index in [1.54, 1.807) is 6.07 Å². The van der Waals surface area contributed by atoms with Gasteiger partial charge in [0.2, 0.25) is 0 Å². The third-order valence-corrected chi connectivity index (χ3v) is 5.64. The number of nitrogens with one attached hydrogen (secondary N) is 1. The molecule has 0 radical (unpaired) electrons. The zero-order valence-corrected chi connectivity index (χ0v) is 12.9. The standard InChI is InChI=1S/C11H8BrF2NO3S2/c12-9-5-6-10(19-9)20(16,17)15-7-3-1-2-4-8(7)18-11(13)14/h1-6,11,15H. The maximum absolute atomic E-state index is 12.3. The predicted molar refractivity (Wildman–Crippen MR) is 75.9 cm³/mol. The quantitative estimate of drug-likeness (QED) is 0.851. The minimum absolute atomic E-state index is 0.0441. The van der Waals surface area contributed by atoms with Crippen LogP contribution in [0.5, 0.6) is 5.75 Å². The highest BCUT2D eigenvalue weighted by Crippen LogP contribution is 2.31. The van der Waals surface area contributed by atoms with Crippen molar-refractivity contribution in [2.24, 2.45) is 0 Å². The molecule has 1 aromatic heterocycles. The van der Waals surface area contributed by atoms with E-state index in [1.165, 1.54) is 30.3 Å². The number of thiophene rings is 1. The minimum atomic E-state index is -3.84. The van der Waals surface area contributed by atoms with Gasteiger partial charge in [-0.25, -0.2) is 8.42 Å². The van der Waals surface area contributed by atoms with E-state index in [0.29, 0.717) is 3.79 Å². The Bertz CT molecular complexity index is 703. The molecule has 0 atom stereocenters. The molecule has 0 aliphatic rings. The Labute approximate surface area is 126 Å². The predicted octanol–water partition coefficient (Wildman–Crippen LogP) is 3.91. The molecule has 0 aliphatic carbocycles. The number of alkyl halides is 2. The Morgan fingerprint density at radius 1 is 1.20 bits per heavy atom.